The van der Waals surface area contributed by atoms with Crippen LogP contribution >= 0.6 is 0 Å². The second-order valence-electron chi connectivity index (χ2n) is 8.46. The molecule has 0 heterocycles. The molecule has 0 spiro atoms. The van der Waals surface area contributed by atoms with Crippen LogP contribution in [0, 0.1) is 0 Å². The third-order valence-electron chi connectivity index (χ3n) is 3.12. The topological polar surface area (TPSA) is 152 Å². The molecule has 0 aliphatic carbocycles. The van der Waals surface area contributed by atoms with E-state index in [1.165, 1.54) is 0 Å². The minimum atomic E-state index is -0.874. The standard InChI is InChI=1S/C18H36N4O6/c1-17(2,3)27-15(25)20-9-7-8-13(14(24)21-10-12(19)11-23)22-16(26)28-18(4,5)6/h12-13,23H,7-11,19H2,1-6H3,(H,20,25)(H,21,24)(H,22,26)/t12-,13-/m0/s1. The molecule has 0 saturated carbocycles. The predicted octanol–water partition coefficient (Wildman–Crippen LogP) is 0.620. The molecule has 6 N–H and O–H groups in total. The summed E-state index contributed by atoms with van der Waals surface area (Å²) in [5, 5.41) is 16.6. The lowest BCUT2D eigenvalue weighted by Crippen LogP contribution is -2.51. The molecule has 0 bridgehead atoms. The van der Waals surface area contributed by atoms with Gasteiger partial charge in [0, 0.05) is 19.1 Å². The zero-order valence-corrected chi connectivity index (χ0v) is 17.8. The molecular weight excluding hydrogens is 368 g/mol. The van der Waals surface area contributed by atoms with Crippen LogP contribution in [0.25, 0.3) is 0 Å². The Bertz CT molecular complexity index is 513. The van der Waals surface area contributed by atoms with Gasteiger partial charge < -0.3 is 36.3 Å². The van der Waals surface area contributed by atoms with Gasteiger partial charge in [-0.05, 0) is 54.4 Å². The Kier molecular flexibility index (Phi) is 10.8. The molecule has 0 aromatic heterocycles. The molecule has 28 heavy (non-hydrogen) atoms. The van der Waals surface area contributed by atoms with Gasteiger partial charge in [-0.25, -0.2) is 9.59 Å². The number of ether oxygens (including phenoxy) is 2. The zero-order chi connectivity index (χ0) is 22.0. The van der Waals surface area contributed by atoms with Crippen molar-refractivity contribution in [1.82, 2.24) is 16.0 Å². The Morgan fingerprint density at radius 1 is 0.964 bits per heavy atom. The number of aliphatic hydroxyl groups is 1. The number of rotatable bonds is 9. The molecule has 0 unspecified atom stereocenters. The molecule has 10 heteroatoms. The van der Waals surface area contributed by atoms with Crippen molar-refractivity contribution in [3.05, 3.63) is 0 Å². The summed E-state index contributed by atoms with van der Waals surface area (Å²) >= 11 is 0. The van der Waals surface area contributed by atoms with Gasteiger partial charge in [-0.1, -0.05) is 0 Å². The van der Waals surface area contributed by atoms with Gasteiger partial charge in [-0.2, -0.15) is 0 Å². The lowest BCUT2D eigenvalue weighted by molar-refractivity contribution is -0.123. The first kappa shape index (κ1) is 25.9. The number of carbonyl (C=O) groups excluding carboxylic acids is 3. The number of aliphatic hydroxyl groups excluding tert-OH is 1. The second-order valence-corrected chi connectivity index (χ2v) is 8.46. The normalized spacial score (nSPS) is 13.9. The van der Waals surface area contributed by atoms with Crippen LogP contribution < -0.4 is 21.7 Å². The summed E-state index contributed by atoms with van der Waals surface area (Å²) in [4.78, 5) is 36.0. The third-order valence-corrected chi connectivity index (χ3v) is 3.12. The predicted molar refractivity (Wildman–Crippen MR) is 105 cm³/mol. The van der Waals surface area contributed by atoms with Gasteiger partial charge in [-0.15, -0.1) is 0 Å². The zero-order valence-electron chi connectivity index (χ0n) is 17.8. The average molecular weight is 405 g/mol. The van der Waals surface area contributed by atoms with Gasteiger partial charge in [0.2, 0.25) is 5.91 Å². The second kappa shape index (κ2) is 11.7. The maximum atomic E-state index is 12.3. The summed E-state index contributed by atoms with van der Waals surface area (Å²) in [5.41, 5.74) is 4.27. The number of hydrogen-bond acceptors (Lipinski definition) is 7. The monoisotopic (exact) mass is 404 g/mol. The van der Waals surface area contributed by atoms with Gasteiger partial charge in [-0.3, -0.25) is 4.79 Å². The van der Waals surface area contributed by atoms with Crippen LogP contribution in [0.2, 0.25) is 0 Å². The highest BCUT2D eigenvalue weighted by atomic mass is 16.6. The number of nitrogens with two attached hydrogens (primary N) is 1. The summed E-state index contributed by atoms with van der Waals surface area (Å²) in [6.07, 6.45) is -0.601. The van der Waals surface area contributed by atoms with Gasteiger partial charge in [0.1, 0.15) is 17.2 Å². The minimum absolute atomic E-state index is 0.0675. The van der Waals surface area contributed by atoms with Crippen molar-refractivity contribution in [2.45, 2.75) is 77.7 Å². The quantitative estimate of drug-likeness (QED) is 0.353. The first-order valence-electron chi connectivity index (χ1n) is 9.34. The molecule has 0 aliphatic rings. The van der Waals surface area contributed by atoms with Crippen molar-refractivity contribution >= 4 is 18.1 Å². The Labute approximate surface area is 166 Å². The Balaban J connectivity index is 4.65. The number of amides is 3. The fourth-order valence-electron chi connectivity index (χ4n) is 1.95. The molecular formula is C18H36N4O6. The van der Waals surface area contributed by atoms with Crippen LogP contribution in [0.15, 0.2) is 0 Å². The fraction of sp³-hybridized carbons (Fsp3) is 0.833. The smallest absolute Gasteiger partial charge is 0.408 e. The SMILES string of the molecule is CC(C)(C)OC(=O)NCCC[C@H](NC(=O)OC(C)(C)C)C(=O)NC[C@H](N)CO. The van der Waals surface area contributed by atoms with Crippen LogP contribution in [0.4, 0.5) is 9.59 Å². The van der Waals surface area contributed by atoms with E-state index in [9.17, 15) is 14.4 Å². The number of carbonyl (C=O) groups is 3. The molecule has 0 saturated heterocycles. The maximum absolute atomic E-state index is 12.3. The molecule has 0 aromatic carbocycles. The van der Waals surface area contributed by atoms with E-state index in [2.05, 4.69) is 16.0 Å². The van der Waals surface area contributed by atoms with Gasteiger partial charge in [0.05, 0.1) is 6.61 Å². The molecule has 10 nitrogen and oxygen atoms in total. The Morgan fingerprint density at radius 3 is 2.00 bits per heavy atom. The minimum Gasteiger partial charge on any atom is -0.444 e. The lowest BCUT2D eigenvalue weighted by atomic mass is 10.1. The highest BCUT2D eigenvalue weighted by Gasteiger charge is 2.24. The number of alkyl carbamates (subject to hydrolysis) is 2. The summed E-state index contributed by atoms with van der Waals surface area (Å²) in [7, 11) is 0. The molecule has 0 rings (SSSR count). The molecule has 2 atom stereocenters. The van der Waals surface area contributed by atoms with E-state index in [0.717, 1.165) is 0 Å². The maximum Gasteiger partial charge on any atom is 0.408 e. The van der Waals surface area contributed by atoms with Crippen molar-refractivity contribution in [1.29, 1.82) is 0 Å². The molecule has 0 aromatic rings. The van der Waals surface area contributed by atoms with E-state index in [0.29, 0.717) is 6.42 Å². The molecule has 0 aliphatic heterocycles. The van der Waals surface area contributed by atoms with Crippen molar-refractivity contribution in [2.75, 3.05) is 19.7 Å². The molecule has 0 radical (unpaired) electrons. The molecule has 3 amide bonds. The Hall–Kier alpha value is -2.07. The van der Waals surface area contributed by atoms with E-state index < -0.39 is 41.4 Å². The third kappa shape index (κ3) is 14.0. The summed E-state index contributed by atoms with van der Waals surface area (Å²) in [6, 6.07) is -1.47. The van der Waals surface area contributed by atoms with Crippen LogP contribution in [0.5, 0.6) is 0 Å². The lowest BCUT2D eigenvalue weighted by Gasteiger charge is -2.24. The fourth-order valence-corrected chi connectivity index (χ4v) is 1.95. The van der Waals surface area contributed by atoms with Gasteiger partial charge >= 0.3 is 12.2 Å². The number of hydrogen-bond donors (Lipinski definition) is 5. The van der Waals surface area contributed by atoms with Crippen molar-refractivity contribution in [3.8, 4) is 0 Å². The summed E-state index contributed by atoms with van der Waals surface area (Å²) in [5.74, 6) is -0.452. The van der Waals surface area contributed by atoms with Crippen LogP contribution in [-0.4, -0.2) is 66.2 Å². The van der Waals surface area contributed by atoms with Gasteiger partial charge in [0.25, 0.3) is 0 Å². The van der Waals surface area contributed by atoms with Crippen LogP contribution in [0.1, 0.15) is 54.4 Å². The van der Waals surface area contributed by atoms with E-state index in [1.807, 2.05) is 0 Å². The Morgan fingerprint density at radius 2 is 1.50 bits per heavy atom. The van der Waals surface area contributed by atoms with Crippen LogP contribution in [-0.2, 0) is 14.3 Å². The average Bonchev–Trinajstić information content (AvgIpc) is 2.51. The first-order chi connectivity index (χ1) is 12.7. The summed E-state index contributed by atoms with van der Waals surface area (Å²) < 4.78 is 10.3. The van der Waals surface area contributed by atoms with Gasteiger partial charge in [0.15, 0.2) is 0 Å². The van der Waals surface area contributed by atoms with Crippen molar-refractivity contribution in [3.63, 3.8) is 0 Å². The summed E-state index contributed by atoms with van der Waals surface area (Å²) in [6.45, 7) is 10.5. The first-order valence-corrected chi connectivity index (χ1v) is 9.34. The molecule has 0 fully saturated rings. The van der Waals surface area contributed by atoms with E-state index in [-0.39, 0.29) is 26.1 Å². The largest absolute Gasteiger partial charge is 0.444 e. The van der Waals surface area contributed by atoms with E-state index in [1.54, 1.807) is 41.5 Å². The van der Waals surface area contributed by atoms with E-state index >= 15 is 0 Å². The van der Waals surface area contributed by atoms with Crippen LogP contribution in [0.3, 0.4) is 0 Å². The van der Waals surface area contributed by atoms with Crippen molar-refractivity contribution < 1.29 is 29.0 Å². The molecule has 164 valence electrons. The van der Waals surface area contributed by atoms with Crippen molar-refractivity contribution in [2.24, 2.45) is 5.73 Å². The highest BCUT2D eigenvalue weighted by molar-refractivity contribution is 5.85. The number of nitrogens with one attached hydrogen (secondary N) is 3. The van der Waals surface area contributed by atoms with E-state index in [4.69, 9.17) is 20.3 Å². The highest BCUT2D eigenvalue weighted by Crippen LogP contribution is 2.08.